The number of carboxylic acids is 1. The van der Waals surface area contributed by atoms with Gasteiger partial charge in [0, 0.05) is 17.2 Å². The van der Waals surface area contributed by atoms with Gasteiger partial charge in [-0.15, -0.1) is 0 Å². The second kappa shape index (κ2) is 10.2. The van der Waals surface area contributed by atoms with Gasteiger partial charge in [-0.2, -0.15) is 0 Å². The number of thiazole rings is 1. The minimum absolute atomic E-state index is 0.111. The van der Waals surface area contributed by atoms with E-state index in [1.165, 1.54) is 23.0 Å². The molecule has 0 radical (unpaired) electrons. The number of ether oxygens (including phenoxy) is 1. The van der Waals surface area contributed by atoms with Gasteiger partial charge in [-0.3, -0.25) is 9.36 Å². The van der Waals surface area contributed by atoms with Crippen LogP contribution in [0.1, 0.15) is 50.8 Å². The molecule has 5 aromatic rings. The zero-order chi connectivity index (χ0) is 29.0. The molecular formula is C34H25N2O5S-. The number of carbonyl (C=O) groups excluding carboxylic acids is 1. The van der Waals surface area contributed by atoms with Crippen molar-refractivity contribution < 1.29 is 19.1 Å². The molecule has 0 spiro atoms. The first kappa shape index (κ1) is 26.0. The van der Waals surface area contributed by atoms with Crippen molar-refractivity contribution in [2.24, 2.45) is 4.99 Å². The summed E-state index contributed by atoms with van der Waals surface area (Å²) < 4.78 is 13.9. The van der Waals surface area contributed by atoms with Crippen LogP contribution in [0.3, 0.4) is 0 Å². The Balaban J connectivity index is 1.37. The lowest BCUT2D eigenvalue weighted by molar-refractivity contribution is -0.255. The molecule has 0 saturated carbocycles. The molecular weight excluding hydrogens is 548 g/mol. The number of fused-ring (bicyclic) bond motifs is 3. The first-order valence-electron chi connectivity index (χ1n) is 13.6. The highest BCUT2D eigenvalue weighted by Gasteiger charge is 2.32. The van der Waals surface area contributed by atoms with Crippen LogP contribution in [0.2, 0.25) is 0 Å². The van der Waals surface area contributed by atoms with Crippen molar-refractivity contribution in [3.63, 3.8) is 0 Å². The van der Waals surface area contributed by atoms with E-state index in [2.05, 4.69) is 18.2 Å². The van der Waals surface area contributed by atoms with Crippen molar-refractivity contribution in [1.82, 2.24) is 4.57 Å². The fraction of sp³-hybridized carbons (Fsp3) is 0.147. The summed E-state index contributed by atoms with van der Waals surface area (Å²) in [5.41, 5.74) is 6.90. The molecule has 7 rings (SSSR count). The van der Waals surface area contributed by atoms with Gasteiger partial charge in [-0.05, 0) is 77.9 Å². The molecule has 1 aliphatic heterocycles. The molecule has 1 aliphatic carbocycles. The third-order valence-electron chi connectivity index (χ3n) is 7.91. The van der Waals surface area contributed by atoms with Crippen LogP contribution in [-0.2, 0) is 6.42 Å². The molecule has 2 aliphatic rings. The summed E-state index contributed by atoms with van der Waals surface area (Å²) in [6.45, 7) is 1.82. The highest BCUT2D eigenvalue weighted by atomic mass is 32.1. The average Bonchev–Trinajstić information content (AvgIpc) is 3.59. The highest BCUT2D eigenvalue weighted by molar-refractivity contribution is 7.07. The first-order chi connectivity index (χ1) is 20.4. The van der Waals surface area contributed by atoms with Crippen LogP contribution in [0.25, 0.3) is 23.1 Å². The molecule has 0 N–H and O–H groups in total. The average molecular weight is 574 g/mol. The van der Waals surface area contributed by atoms with E-state index < -0.39 is 5.97 Å². The summed E-state index contributed by atoms with van der Waals surface area (Å²) >= 11 is 1.34. The zero-order valence-corrected chi connectivity index (χ0v) is 23.7. The van der Waals surface area contributed by atoms with Gasteiger partial charge in [0.15, 0.2) is 4.80 Å². The molecule has 42 heavy (non-hydrogen) atoms. The van der Waals surface area contributed by atoms with E-state index in [-0.39, 0.29) is 17.2 Å². The number of furan rings is 1. The Bertz CT molecular complexity index is 2110. The van der Waals surface area contributed by atoms with Crippen LogP contribution in [0.5, 0.6) is 5.75 Å². The lowest BCUT2D eigenvalue weighted by atomic mass is 9.83. The van der Waals surface area contributed by atoms with E-state index in [9.17, 15) is 14.7 Å². The second-order valence-electron chi connectivity index (χ2n) is 10.4. The van der Waals surface area contributed by atoms with Crippen molar-refractivity contribution in [2.75, 3.05) is 7.11 Å². The van der Waals surface area contributed by atoms with Gasteiger partial charge >= 0.3 is 0 Å². The maximum absolute atomic E-state index is 14.0. The molecule has 0 amide bonds. The fourth-order valence-corrected chi connectivity index (χ4v) is 6.89. The van der Waals surface area contributed by atoms with Crippen molar-refractivity contribution in [3.05, 3.63) is 138 Å². The number of carboxylic acid groups (broad SMARTS) is 1. The lowest BCUT2D eigenvalue weighted by Crippen LogP contribution is -2.38. The Hall–Kier alpha value is -4.95. The van der Waals surface area contributed by atoms with Crippen molar-refractivity contribution in [3.8, 4) is 17.1 Å². The predicted molar refractivity (Wildman–Crippen MR) is 159 cm³/mol. The highest BCUT2D eigenvalue weighted by Crippen LogP contribution is 2.41. The van der Waals surface area contributed by atoms with Crippen molar-refractivity contribution >= 4 is 29.1 Å². The van der Waals surface area contributed by atoms with E-state index in [1.54, 1.807) is 36.0 Å². The van der Waals surface area contributed by atoms with Crippen LogP contribution < -0.4 is 24.7 Å². The minimum Gasteiger partial charge on any atom is -0.545 e. The molecule has 0 fully saturated rings. The van der Waals surface area contributed by atoms with E-state index in [1.807, 2.05) is 43.3 Å². The standard InChI is InChI=1S/C34H26N2O5S/c1-19-16-22(33(38)39)11-13-25(19)28-15-12-24(41-28)18-29-32(37)36-31(21-7-5-8-23(17-21)40-2)27-14-10-20-6-3-4-9-26(20)30(27)35-34(36)42-29/h3-9,11-13,15-18,31H,10,14H2,1-2H3,(H,38,39)/p-1/b29-18+/t31-/m1/s1. The third kappa shape index (κ3) is 4.31. The number of nitrogens with zero attached hydrogens (tertiary/aromatic N) is 2. The summed E-state index contributed by atoms with van der Waals surface area (Å²) in [7, 11) is 1.64. The van der Waals surface area contributed by atoms with Gasteiger partial charge in [-0.1, -0.05) is 59.9 Å². The van der Waals surface area contributed by atoms with Gasteiger partial charge < -0.3 is 19.1 Å². The van der Waals surface area contributed by atoms with E-state index in [0.717, 1.165) is 52.1 Å². The number of rotatable bonds is 5. The van der Waals surface area contributed by atoms with Crippen molar-refractivity contribution in [1.29, 1.82) is 0 Å². The maximum Gasteiger partial charge on any atom is 0.271 e. The number of benzene rings is 3. The Labute approximate surface area is 245 Å². The van der Waals surface area contributed by atoms with Crippen LogP contribution >= 0.6 is 11.3 Å². The first-order valence-corrected chi connectivity index (χ1v) is 14.4. The number of aromatic carboxylic acids is 1. The third-order valence-corrected chi connectivity index (χ3v) is 8.89. The molecule has 3 heterocycles. The van der Waals surface area contributed by atoms with Crippen LogP contribution in [-0.4, -0.2) is 17.6 Å². The van der Waals surface area contributed by atoms with Crippen LogP contribution in [0.4, 0.5) is 0 Å². The van der Waals surface area contributed by atoms with Gasteiger partial charge in [0.25, 0.3) is 5.56 Å². The Morgan fingerprint density at radius 2 is 1.90 bits per heavy atom. The monoisotopic (exact) mass is 573 g/mol. The molecule has 7 nitrogen and oxygen atoms in total. The zero-order valence-electron chi connectivity index (χ0n) is 22.9. The van der Waals surface area contributed by atoms with E-state index in [4.69, 9.17) is 14.1 Å². The normalized spacial score (nSPS) is 16.0. The summed E-state index contributed by atoms with van der Waals surface area (Å²) in [4.78, 5) is 31.0. The largest absolute Gasteiger partial charge is 0.545 e. The van der Waals surface area contributed by atoms with Gasteiger partial charge in [0.1, 0.15) is 17.3 Å². The number of hydrogen-bond acceptors (Lipinski definition) is 7. The smallest absolute Gasteiger partial charge is 0.271 e. The quantitative estimate of drug-likeness (QED) is 0.313. The fourth-order valence-electron chi connectivity index (χ4n) is 5.91. The molecule has 208 valence electrons. The molecule has 3 aromatic carbocycles. The number of methoxy groups -OCH3 is 1. The lowest BCUT2D eigenvalue weighted by Gasteiger charge is -2.31. The molecule has 0 unspecified atom stereocenters. The number of allylic oxidation sites excluding steroid dienone is 1. The van der Waals surface area contributed by atoms with E-state index in [0.29, 0.717) is 20.9 Å². The second-order valence-corrected chi connectivity index (χ2v) is 11.4. The van der Waals surface area contributed by atoms with Crippen LogP contribution in [0, 0.1) is 6.92 Å². The predicted octanol–water partition coefficient (Wildman–Crippen LogP) is 4.26. The summed E-state index contributed by atoms with van der Waals surface area (Å²) in [6, 6.07) is 24.3. The summed E-state index contributed by atoms with van der Waals surface area (Å²) in [5, 5.41) is 11.2. The molecule has 0 saturated heterocycles. The molecule has 8 heteroatoms. The van der Waals surface area contributed by atoms with Gasteiger partial charge in [0.05, 0.1) is 29.4 Å². The van der Waals surface area contributed by atoms with Gasteiger partial charge in [0.2, 0.25) is 0 Å². The number of hydrogen-bond donors (Lipinski definition) is 0. The van der Waals surface area contributed by atoms with Crippen molar-refractivity contribution in [2.45, 2.75) is 25.8 Å². The Morgan fingerprint density at radius 1 is 1.05 bits per heavy atom. The molecule has 0 bridgehead atoms. The Kier molecular flexibility index (Phi) is 6.28. The summed E-state index contributed by atoms with van der Waals surface area (Å²) in [6.07, 6.45) is 3.44. The van der Waals surface area contributed by atoms with Gasteiger partial charge in [-0.25, -0.2) is 4.99 Å². The SMILES string of the molecule is COc1cccc([C@@H]2C3=C(N=c4s/c(=C/c5ccc(-c6ccc(C(=O)[O-])cc6C)o5)c(=O)n42)c2ccccc2CC3)c1. The minimum atomic E-state index is -1.22. The molecule has 1 atom stereocenters. The van der Waals surface area contributed by atoms with E-state index >= 15 is 0 Å². The molecule has 2 aromatic heterocycles. The topological polar surface area (TPSA) is 96.9 Å². The Morgan fingerprint density at radius 3 is 2.71 bits per heavy atom. The number of aromatic nitrogens is 1. The maximum atomic E-state index is 14.0. The number of aryl methyl sites for hydroxylation is 2. The number of carbonyl (C=O) groups is 1. The van der Waals surface area contributed by atoms with Crippen LogP contribution in [0.15, 0.2) is 98.6 Å². The summed E-state index contributed by atoms with van der Waals surface area (Å²) in [5.74, 6) is 0.608.